The van der Waals surface area contributed by atoms with E-state index in [4.69, 9.17) is 0 Å². The number of aliphatic hydroxyl groups excluding tert-OH is 1. The zero-order valence-corrected chi connectivity index (χ0v) is 9.64. The molecular weight excluding hydrogens is 200 g/mol. The van der Waals surface area contributed by atoms with Gasteiger partial charge in [0, 0.05) is 13.5 Å². The maximum Gasteiger partial charge on any atom is 0.0989 e. The Hall–Kier alpha value is -1.77. The van der Waals surface area contributed by atoms with E-state index < -0.39 is 0 Å². The zero-order chi connectivity index (χ0) is 11.5. The normalized spacial score (nSPS) is 20.8. The first-order valence-corrected chi connectivity index (χ1v) is 5.39. The number of likely N-dealkylation sites (N-methyl/N-ethyl adjacent to an activating group) is 1. The largest absolute Gasteiger partial charge is 0.512 e. The number of nitrogens with zero attached hydrogens (tertiary/aromatic N) is 2. The Bertz CT molecular complexity index is 439. The highest BCUT2D eigenvalue weighted by atomic mass is 16.3. The van der Waals surface area contributed by atoms with Gasteiger partial charge in [-0.05, 0) is 23.6 Å². The Kier molecular flexibility index (Phi) is 2.95. The average Bonchev–Trinajstić information content (AvgIpc) is 2.44. The first kappa shape index (κ1) is 10.7. The molecular formula is C13H16N2O. The van der Waals surface area contributed by atoms with Crippen LogP contribution in [0.1, 0.15) is 13.3 Å². The van der Waals surface area contributed by atoms with Gasteiger partial charge in [-0.3, -0.25) is 5.01 Å². The predicted molar refractivity (Wildman–Crippen MR) is 66.4 cm³/mol. The Morgan fingerprint density at radius 2 is 2.06 bits per heavy atom. The van der Waals surface area contributed by atoms with Crippen LogP contribution in [-0.4, -0.2) is 29.9 Å². The second-order valence-corrected chi connectivity index (χ2v) is 4.07. The number of hydrogen-bond acceptors (Lipinski definition) is 3. The summed E-state index contributed by atoms with van der Waals surface area (Å²) in [5.41, 5.74) is 3.17. The number of aliphatic hydroxyl groups is 1. The molecule has 3 heteroatoms. The molecule has 0 fully saturated rings. The van der Waals surface area contributed by atoms with Crippen LogP contribution in [0.2, 0.25) is 0 Å². The molecule has 0 saturated heterocycles. The maximum atomic E-state index is 9.64. The monoisotopic (exact) mass is 216 g/mol. The molecule has 0 spiro atoms. The van der Waals surface area contributed by atoms with Gasteiger partial charge < -0.3 is 5.11 Å². The minimum atomic E-state index is 0.441. The minimum Gasteiger partial charge on any atom is -0.512 e. The summed E-state index contributed by atoms with van der Waals surface area (Å²) < 4.78 is 0. The summed E-state index contributed by atoms with van der Waals surface area (Å²) in [5.74, 6) is 0.441. The third kappa shape index (κ3) is 2.24. The third-order valence-electron chi connectivity index (χ3n) is 2.79. The highest BCUT2D eigenvalue weighted by Gasteiger charge is 2.08. The highest BCUT2D eigenvalue weighted by Crippen LogP contribution is 2.20. The van der Waals surface area contributed by atoms with Crippen LogP contribution in [0.5, 0.6) is 0 Å². The van der Waals surface area contributed by atoms with Crippen LogP contribution >= 0.6 is 0 Å². The van der Waals surface area contributed by atoms with E-state index in [1.807, 2.05) is 43.4 Å². The number of rotatable bonds is 1. The molecule has 0 bridgehead atoms. The first-order chi connectivity index (χ1) is 7.66. The van der Waals surface area contributed by atoms with Gasteiger partial charge in [0.05, 0.1) is 18.5 Å². The van der Waals surface area contributed by atoms with E-state index in [9.17, 15) is 5.11 Å². The topological polar surface area (TPSA) is 35.8 Å². The molecule has 0 unspecified atom stereocenters. The van der Waals surface area contributed by atoms with Crippen LogP contribution in [0.3, 0.4) is 0 Å². The summed E-state index contributed by atoms with van der Waals surface area (Å²) in [5, 5.41) is 15.8. The lowest BCUT2D eigenvalue weighted by Crippen LogP contribution is -2.16. The van der Waals surface area contributed by atoms with Crippen LogP contribution in [0, 0.1) is 0 Å². The van der Waals surface area contributed by atoms with E-state index in [-0.39, 0.29) is 0 Å². The molecule has 0 saturated carbocycles. The molecule has 16 heavy (non-hydrogen) atoms. The Morgan fingerprint density at radius 3 is 2.75 bits per heavy atom. The van der Waals surface area contributed by atoms with E-state index in [1.54, 1.807) is 0 Å². The van der Waals surface area contributed by atoms with Crippen molar-refractivity contribution in [2.45, 2.75) is 13.3 Å². The molecule has 1 aliphatic heterocycles. The van der Waals surface area contributed by atoms with Crippen LogP contribution < -0.4 is 0 Å². The lowest BCUT2D eigenvalue weighted by Gasteiger charge is -2.16. The Morgan fingerprint density at radius 1 is 1.25 bits per heavy atom. The van der Waals surface area contributed by atoms with Gasteiger partial charge in [0.2, 0.25) is 0 Å². The van der Waals surface area contributed by atoms with Crippen molar-refractivity contribution in [3.8, 4) is 0 Å². The summed E-state index contributed by atoms with van der Waals surface area (Å²) in [6.07, 6.45) is 10.6. The average molecular weight is 216 g/mol. The molecule has 0 radical (unpaired) electrons. The van der Waals surface area contributed by atoms with Gasteiger partial charge in [-0.15, -0.1) is 0 Å². The first-order valence-electron chi connectivity index (χ1n) is 5.39. The second-order valence-electron chi connectivity index (χ2n) is 4.07. The maximum absolute atomic E-state index is 9.64. The predicted octanol–water partition coefficient (Wildman–Crippen LogP) is 2.56. The molecule has 0 amide bonds. The van der Waals surface area contributed by atoms with Crippen molar-refractivity contribution in [2.75, 3.05) is 13.6 Å². The van der Waals surface area contributed by atoms with E-state index in [1.165, 1.54) is 0 Å². The lowest BCUT2D eigenvalue weighted by molar-refractivity contribution is 0.392. The standard InChI is InChI=1S/C13H16N2O/c1-10-3-4-11(5-6-13(10)16)12-7-8-15(2)14-9-12/h3-5,7,9,16H,6,8H2,1-2H3. The van der Waals surface area contributed by atoms with Crippen LogP contribution in [0.15, 0.2) is 51.9 Å². The fourth-order valence-electron chi connectivity index (χ4n) is 1.64. The van der Waals surface area contributed by atoms with Crippen molar-refractivity contribution >= 4 is 6.21 Å². The lowest BCUT2D eigenvalue weighted by atomic mass is 10.0. The van der Waals surface area contributed by atoms with Gasteiger partial charge >= 0.3 is 0 Å². The molecule has 1 heterocycles. The molecule has 2 rings (SSSR count). The summed E-state index contributed by atoms with van der Waals surface area (Å²) in [6.45, 7) is 2.75. The van der Waals surface area contributed by atoms with Gasteiger partial charge in [0.25, 0.3) is 0 Å². The van der Waals surface area contributed by atoms with Crippen molar-refractivity contribution in [3.63, 3.8) is 0 Å². The van der Waals surface area contributed by atoms with Gasteiger partial charge in [0.1, 0.15) is 0 Å². The number of allylic oxidation sites excluding steroid dienone is 6. The second kappa shape index (κ2) is 4.39. The summed E-state index contributed by atoms with van der Waals surface area (Å²) in [4.78, 5) is 0. The van der Waals surface area contributed by atoms with E-state index in [0.29, 0.717) is 12.2 Å². The fourth-order valence-corrected chi connectivity index (χ4v) is 1.64. The van der Waals surface area contributed by atoms with E-state index in [2.05, 4.69) is 11.2 Å². The summed E-state index contributed by atoms with van der Waals surface area (Å²) in [6, 6.07) is 0. The van der Waals surface area contributed by atoms with Gasteiger partial charge in [-0.25, -0.2) is 0 Å². The minimum absolute atomic E-state index is 0.441. The van der Waals surface area contributed by atoms with Crippen molar-refractivity contribution in [2.24, 2.45) is 5.10 Å². The van der Waals surface area contributed by atoms with Crippen molar-refractivity contribution in [1.29, 1.82) is 0 Å². The molecule has 1 N–H and O–H groups in total. The Labute approximate surface area is 95.8 Å². The van der Waals surface area contributed by atoms with E-state index >= 15 is 0 Å². The van der Waals surface area contributed by atoms with Crippen LogP contribution in [0.25, 0.3) is 0 Å². The molecule has 2 aliphatic rings. The van der Waals surface area contributed by atoms with Crippen molar-refractivity contribution < 1.29 is 5.11 Å². The smallest absolute Gasteiger partial charge is 0.0989 e. The summed E-state index contributed by atoms with van der Waals surface area (Å²) in [7, 11) is 1.94. The fraction of sp³-hybridized carbons (Fsp3) is 0.308. The highest BCUT2D eigenvalue weighted by molar-refractivity contribution is 5.86. The van der Waals surface area contributed by atoms with Crippen LogP contribution in [0.4, 0.5) is 0 Å². The number of hydrogen-bond donors (Lipinski definition) is 1. The van der Waals surface area contributed by atoms with Crippen molar-refractivity contribution in [3.05, 3.63) is 46.8 Å². The molecule has 3 nitrogen and oxygen atoms in total. The molecule has 0 aromatic heterocycles. The van der Waals surface area contributed by atoms with E-state index in [0.717, 1.165) is 23.3 Å². The molecule has 0 aromatic carbocycles. The Balaban J connectivity index is 2.20. The molecule has 1 aliphatic carbocycles. The third-order valence-corrected chi connectivity index (χ3v) is 2.79. The quantitative estimate of drug-likeness (QED) is 0.731. The van der Waals surface area contributed by atoms with Gasteiger partial charge in [0.15, 0.2) is 0 Å². The SMILES string of the molecule is CC1=C(O)CC=C(C2=CCN(C)N=C2)C=C1. The molecule has 84 valence electrons. The van der Waals surface area contributed by atoms with Gasteiger partial charge in [-0.2, -0.15) is 5.10 Å². The summed E-state index contributed by atoms with van der Waals surface area (Å²) >= 11 is 0. The number of hydrazone groups is 1. The molecule has 0 aromatic rings. The van der Waals surface area contributed by atoms with Gasteiger partial charge in [-0.1, -0.05) is 24.3 Å². The van der Waals surface area contributed by atoms with Crippen molar-refractivity contribution in [1.82, 2.24) is 5.01 Å². The zero-order valence-electron chi connectivity index (χ0n) is 9.64. The molecule has 0 atom stereocenters. The van der Waals surface area contributed by atoms with Crippen LogP contribution in [-0.2, 0) is 0 Å².